The van der Waals surface area contributed by atoms with E-state index in [4.69, 9.17) is 9.72 Å². The molecular formula is C22H27N5O3. The molecule has 1 aromatic heterocycles. The van der Waals surface area contributed by atoms with Gasteiger partial charge in [-0.15, -0.1) is 0 Å². The molecule has 0 unspecified atom stereocenters. The van der Waals surface area contributed by atoms with Gasteiger partial charge < -0.3 is 19.9 Å². The van der Waals surface area contributed by atoms with E-state index < -0.39 is 0 Å². The summed E-state index contributed by atoms with van der Waals surface area (Å²) in [6, 6.07) is 6.56. The van der Waals surface area contributed by atoms with Crippen LogP contribution in [0.2, 0.25) is 0 Å². The molecule has 8 nitrogen and oxygen atoms in total. The number of benzene rings is 1. The molecule has 158 valence electrons. The zero-order chi connectivity index (χ0) is 21.1. The van der Waals surface area contributed by atoms with E-state index in [-0.39, 0.29) is 12.0 Å². The van der Waals surface area contributed by atoms with Crippen LogP contribution in [0.5, 0.6) is 0 Å². The maximum Gasteiger partial charge on any atom is 0.338 e. The van der Waals surface area contributed by atoms with Crippen molar-refractivity contribution in [3.05, 3.63) is 46.9 Å². The van der Waals surface area contributed by atoms with Crippen LogP contribution < -0.4 is 10.2 Å². The maximum absolute atomic E-state index is 12.9. The Hall–Kier alpha value is -3.16. The normalized spacial score (nSPS) is 15.7. The molecule has 0 bridgehead atoms. The second kappa shape index (κ2) is 8.69. The highest BCUT2D eigenvalue weighted by molar-refractivity contribution is 5.92. The van der Waals surface area contributed by atoms with E-state index in [9.17, 15) is 9.59 Å². The van der Waals surface area contributed by atoms with E-state index in [2.05, 4.69) is 15.2 Å². The fourth-order valence-electron chi connectivity index (χ4n) is 3.99. The zero-order valence-corrected chi connectivity index (χ0v) is 17.5. The van der Waals surface area contributed by atoms with E-state index in [0.717, 1.165) is 42.4 Å². The average Bonchev–Trinajstić information content (AvgIpc) is 3.28. The van der Waals surface area contributed by atoms with Crippen LogP contribution >= 0.6 is 0 Å². The van der Waals surface area contributed by atoms with E-state index in [1.165, 1.54) is 12.8 Å². The highest BCUT2D eigenvalue weighted by Gasteiger charge is 2.28. The van der Waals surface area contributed by atoms with Gasteiger partial charge in [0.25, 0.3) is 0 Å². The number of ether oxygens (including phenoxy) is 1. The molecule has 1 saturated heterocycles. The Bertz CT molecular complexity index is 939. The number of aryl methyl sites for hydroxylation is 1. The lowest BCUT2D eigenvalue weighted by Gasteiger charge is -2.31. The van der Waals surface area contributed by atoms with Gasteiger partial charge in [-0.05, 0) is 51.0 Å². The molecule has 2 aliphatic rings. The van der Waals surface area contributed by atoms with E-state index in [1.54, 1.807) is 36.1 Å². The summed E-state index contributed by atoms with van der Waals surface area (Å²) in [6.45, 7) is 7.13. The first-order valence-corrected chi connectivity index (χ1v) is 10.5. The largest absolute Gasteiger partial charge is 0.462 e. The van der Waals surface area contributed by atoms with Crippen LogP contribution in [0, 0.1) is 6.92 Å². The summed E-state index contributed by atoms with van der Waals surface area (Å²) in [6.07, 6.45) is 3.06. The monoisotopic (exact) mass is 409 g/mol. The minimum Gasteiger partial charge on any atom is -0.462 e. The lowest BCUT2D eigenvalue weighted by molar-refractivity contribution is 0.0526. The van der Waals surface area contributed by atoms with Crippen LogP contribution in [-0.4, -0.2) is 53.1 Å². The van der Waals surface area contributed by atoms with Crippen molar-refractivity contribution < 1.29 is 14.3 Å². The summed E-state index contributed by atoms with van der Waals surface area (Å²) < 4.78 is 4.99. The van der Waals surface area contributed by atoms with Crippen molar-refractivity contribution in [2.24, 2.45) is 0 Å². The van der Waals surface area contributed by atoms with Crippen molar-refractivity contribution in [2.75, 3.05) is 36.5 Å². The van der Waals surface area contributed by atoms with E-state index in [1.807, 2.05) is 6.92 Å². The predicted molar refractivity (Wildman–Crippen MR) is 114 cm³/mol. The van der Waals surface area contributed by atoms with Crippen LogP contribution in [0.25, 0.3) is 0 Å². The molecule has 0 radical (unpaired) electrons. The molecule has 1 aromatic carbocycles. The third-order valence-corrected chi connectivity index (χ3v) is 5.49. The van der Waals surface area contributed by atoms with Gasteiger partial charge >= 0.3 is 12.0 Å². The summed E-state index contributed by atoms with van der Waals surface area (Å²) >= 11 is 0. The number of amides is 2. The number of fused-ring (bicyclic) bond motifs is 1. The van der Waals surface area contributed by atoms with Gasteiger partial charge in [0, 0.05) is 37.3 Å². The van der Waals surface area contributed by atoms with Crippen molar-refractivity contribution in [3.63, 3.8) is 0 Å². The smallest absolute Gasteiger partial charge is 0.338 e. The molecule has 2 amide bonds. The number of carbonyl (C=O) groups is 2. The Morgan fingerprint density at radius 2 is 1.83 bits per heavy atom. The number of carbonyl (C=O) groups excluding carboxylic acids is 2. The molecule has 30 heavy (non-hydrogen) atoms. The Balaban J connectivity index is 1.46. The van der Waals surface area contributed by atoms with Crippen molar-refractivity contribution in [2.45, 2.75) is 39.7 Å². The fraction of sp³-hybridized carbons (Fsp3) is 0.455. The number of rotatable bonds is 4. The van der Waals surface area contributed by atoms with Crippen LogP contribution in [-0.2, 0) is 17.7 Å². The van der Waals surface area contributed by atoms with Crippen molar-refractivity contribution in [1.29, 1.82) is 0 Å². The van der Waals surface area contributed by atoms with Gasteiger partial charge in [-0.1, -0.05) is 0 Å². The minimum atomic E-state index is -0.368. The van der Waals surface area contributed by atoms with Gasteiger partial charge in [0.2, 0.25) is 0 Å². The molecule has 0 saturated carbocycles. The number of hydrogen-bond acceptors (Lipinski definition) is 6. The van der Waals surface area contributed by atoms with Gasteiger partial charge in [-0.25, -0.2) is 19.6 Å². The summed E-state index contributed by atoms with van der Waals surface area (Å²) in [5, 5.41) is 2.92. The Labute approximate surface area is 176 Å². The SMILES string of the molecule is CCOC(=O)c1ccc(NC(=O)N2CCc3nc(C)nc(N4CCCC4)c3C2)cc1. The molecule has 0 spiro atoms. The zero-order valence-electron chi connectivity index (χ0n) is 17.5. The first kappa shape index (κ1) is 20.1. The minimum absolute atomic E-state index is 0.169. The molecule has 0 aliphatic carbocycles. The quantitative estimate of drug-likeness (QED) is 0.781. The second-order valence-corrected chi connectivity index (χ2v) is 7.61. The van der Waals surface area contributed by atoms with Crippen molar-refractivity contribution in [3.8, 4) is 0 Å². The molecule has 1 N–H and O–H groups in total. The van der Waals surface area contributed by atoms with Gasteiger partial charge in [0.15, 0.2) is 0 Å². The van der Waals surface area contributed by atoms with E-state index >= 15 is 0 Å². The van der Waals surface area contributed by atoms with Crippen LogP contribution in [0.3, 0.4) is 0 Å². The molecule has 3 heterocycles. The summed E-state index contributed by atoms with van der Waals surface area (Å²) in [7, 11) is 0. The summed E-state index contributed by atoms with van der Waals surface area (Å²) in [4.78, 5) is 38.1. The van der Waals surface area contributed by atoms with E-state index in [0.29, 0.717) is 30.9 Å². The molecule has 2 aliphatic heterocycles. The number of esters is 1. The Morgan fingerprint density at radius 3 is 2.53 bits per heavy atom. The van der Waals surface area contributed by atoms with Gasteiger partial charge in [0.05, 0.1) is 24.4 Å². The summed E-state index contributed by atoms with van der Waals surface area (Å²) in [5.41, 5.74) is 3.21. The average molecular weight is 409 g/mol. The van der Waals surface area contributed by atoms with Gasteiger partial charge in [-0.2, -0.15) is 0 Å². The molecule has 2 aromatic rings. The number of anilines is 2. The van der Waals surface area contributed by atoms with Crippen LogP contribution in [0.15, 0.2) is 24.3 Å². The highest BCUT2D eigenvalue weighted by Crippen LogP contribution is 2.29. The van der Waals surface area contributed by atoms with Crippen molar-refractivity contribution in [1.82, 2.24) is 14.9 Å². The predicted octanol–water partition coefficient (Wildman–Crippen LogP) is 3.15. The number of aromatic nitrogens is 2. The standard InChI is InChI=1S/C22H27N5O3/c1-3-30-21(28)16-6-8-17(9-7-16)25-22(29)27-13-10-19-18(14-27)20(24-15(2)23-19)26-11-4-5-12-26/h6-9H,3-5,10-14H2,1-2H3,(H,25,29). The first-order valence-electron chi connectivity index (χ1n) is 10.5. The fourth-order valence-corrected chi connectivity index (χ4v) is 3.99. The lowest BCUT2D eigenvalue weighted by atomic mass is 10.1. The highest BCUT2D eigenvalue weighted by atomic mass is 16.5. The Kier molecular flexibility index (Phi) is 5.83. The number of nitrogens with zero attached hydrogens (tertiary/aromatic N) is 4. The molecule has 8 heteroatoms. The number of hydrogen-bond donors (Lipinski definition) is 1. The number of nitrogens with one attached hydrogen (secondary N) is 1. The Morgan fingerprint density at radius 1 is 1.10 bits per heavy atom. The number of urea groups is 1. The molecular weight excluding hydrogens is 382 g/mol. The maximum atomic E-state index is 12.9. The molecule has 1 fully saturated rings. The van der Waals surface area contributed by atoms with Gasteiger partial charge in [-0.3, -0.25) is 0 Å². The van der Waals surface area contributed by atoms with Crippen LogP contribution in [0.1, 0.15) is 47.2 Å². The second-order valence-electron chi connectivity index (χ2n) is 7.61. The topological polar surface area (TPSA) is 87.7 Å². The van der Waals surface area contributed by atoms with Crippen LogP contribution in [0.4, 0.5) is 16.3 Å². The third-order valence-electron chi connectivity index (χ3n) is 5.49. The molecule has 4 rings (SSSR count). The third kappa shape index (κ3) is 4.22. The van der Waals surface area contributed by atoms with Gasteiger partial charge in [0.1, 0.15) is 11.6 Å². The van der Waals surface area contributed by atoms with Crippen molar-refractivity contribution >= 4 is 23.5 Å². The molecule has 0 atom stereocenters. The first-order chi connectivity index (χ1) is 14.5. The summed E-state index contributed by atoms with van der Waals surface area (Å²) in [5.74, 6) is 1.40. The lowest BCUT2D eigenvalue weighted by Crippen LogP contribution is -2.40.